The van der Waals surface area contributed by atoms with Gasteiger partial charge >= 0.3 is 5.97 Å². The standard InChI is InChI=1S/C19H34O2/c1-2-3-4-5-6-7-8-9-10-11-12-13-14-15-16-17-18-19(20)21/h10-11,13-14H,2-9,12,15-18H2,1H3,(H,20,21)/b11-10-,14-13-. The van der Waals surface area contributed by atoms with E-state index in [-0.39, 0.29) is 0 Å². The first-order valence-corrected chi connectivity index (χ1v) is 8.79. The summed E-state index contributed by atoms with van der Waals surface area (Å²) in [6, 6.07) is 0. The van der Waals surface area contributed by atoms with E-state index in [9.17, 15) is 4.79 Å². The SMILES string of the molecule is CCCCCCCCC/C=C\C/C=C\CCCCC(=O)O. The van der Waals surface area contributed by atoms with Gasteiger partial charge in [0.2, 0.25) is 0 Å². The van der Waals surface area contributed by atoms with E-state index in [0.29, 0.717) is 6.42 Å². The van der Waals surface area contributed by atoms with Gasteiger partial charge in [0.1, 0.15) is 0 Å². The van der Waals surface area contributed by atoms with Gasteiger partial charge in [0.15, 0.2) is 0 Å². The van der Waals surface area contributed by atoms with Gasteiger partial charge < -0.3 is 5.11 Å². The van der Waals surface area contributed by atoms with E-state index in [0.717, 1.165) is 25.7 Å². The first-order chi connectivity index (χ1) is 10.3. The molecule has 0 aromatic heterocycles. The highest BCUT2D eigenvalue weighted by Gasteiger charge is 1.94. The van der Waals surface area contributed by atoms with E-state index < -0.39 is 5.97 Å². The molecule has 0 saturated heterocycles. The molecule has 0 bridgehead atoms. The first kappa shape index (κ1) is 19.9. The van der Waals surface area contributed by atoms with E-state index in [1.165, 1.54) is 51.4 Å². The number of aliphatic carboxylic acids is 1. The number of carbonyl (C=O) groups is 1. The van der Waals surface area contributed by atoms with Crippen molar-refractivity contribution in [3.05, 3.63) is 24.3 Å². The van der Waals surface area contributed by atoms with Crippen molar-refractivity contribution in [2.45, 2.75) is 90.4 Å². The Balaban J connectivity index is 3.19. The lowest BCUT2D eigenvalue weighted by Gasteiger charge is -1.98. The minimum absolute atomic E-state index is 0.298. The maximum Gasteiger partial charge on any atom is 0.303 e. The van der Waals surface area contributed by atoms with Gasteiger partial charge in [-0.25, -0.2) is 0 Å². The molecule has 0 aliphatic rings. The van der Waals surface area contributed by atoms with Crippen LogP contribution in [-0.4, -0.2) is 11.1 Å². The highest BCUT2D eigenvalue weighted by molar-refractivity contribution is 5.66. The van der Waals surface area contributed by atoms with Crippen LogP contribution in [0.3, 0.4) is 0 Å². The van der Waals surface area contributed by atoms with E-state index in [1.807, 2.05) is 0 Å². The Morgan fingerprint density at radius 3 is 1.86 bits per heavy atom. The van der Waals surface area contributed by atoms with Crippen molar-refractivity contribution in [1.82, 2.24) is 0 Å². The van der Waals surface area contributed by atoms with Gasteiger partial charge in [0, 0.05) is 6.42 Å². The Bertz CT molecular complexity index is 279. The van der Waals surface area contributed by atoms with Crippen molar-refractivity contribution < 1.29 is 9.90 Å². The van der Waals surface area contributed by atoms with Crippen LogP contribution < -0.4 is 0 Å². The number of hydrogen-bond donors (Lipinski definition) is 1. The van der Waals surface area contributed by atoms with Gasteiger partial charge in [-0.15, -0.1) is 0 Å². The lowest BCUT2D eigenvalue weighted by Crippen LogP contribution is -1.92. The van der Waals surface area contributed by atoms with Crippen molar-refractivity contribution in [3.8, 4) is 0 Å². The molecule has 0 unspecified atom stereocenters. The summed E-state index contributed by atoms with van der Waals surface area (Å²) in [6.45, 7) is 2.26. The third-order valence-corrected chi connectivity index (χ3v) is 3.59. The van der Waals surface area contributed by atoms with Gasteiger partial charge in [0.25, 0.3) is 0 Å². The quantitative estimate of drug-likeness (QED) is 0.285. The van der Waals surface area contributed by atoms with Crippen LogP contribution in [0.1, 0.15) is 90.4 Å². The fourth-order valence-corrected chi connectivity index (χ4v) is 2.26. The topological polar surface area (TPSA) is 37.3 Å². The summed E-state index contributed by atoms with van der Waals surface area (Å²) < 4.78 is 0. The molecule has 0 radical (unpaired) electrons. The molecule has 0 aromatic rings. The van der Waals surface area contributed by atoms with E-state index in [2.05, 4.69) is 31.2 Å². The maximum absolute atomic E-state index is 10.3. The summed E-state index contributed by atoms with van der Waals surface area (Å²) in [6.07, 6.45) is 23.8. The zero-order valence-electron chi connectivity index (χ0n) is 13.9. The molecule has 1 N–H and O–H groups in total. The number of carboxylic acid groups (broad SMARTS) is 1. The molecular weight excluding hydrogens is 260 g/mol. The maximum atomic E-state index is 10.3. The lowest BCUT2D eigenvalue weighted by molar-refractivity contribution is -0.137. The molecule has 0 aromatic carbocycles. The van der Waals surface area contributed by atoms with Crippen LogP contribution in [0, 0.1) is 0 Å². The predicted molar refractivity (Wildman–Crippen MR) is 91.6 cm³/mol. The zero-order valence-corrected chi connectivity index (χ0v) is 13.9. The monoisotopic (exact) mass is 294 g/mol. The van der Waals surface area contributed by atoms with Crippen molar-refractivity contribution in [1.29, 1.82) is 0 Å². The molecule has 0 aliphatic heterocycles. The number of allylic oxidation sites excluding steroid dienone is 4. The second-order valence-corrected chi connectivity index (χ2v) is 5.73. The minimum atomic E-state index is -0.688. The molecule has 0 rings (SSSR count). The van der Waals surface area contributed by atoms with Crippen LogP contribution >= 0.6 is 0 Å². The third kappa shape index (κ3) is 18.9. The van der Waals surface area contributed by atoms with Crippen LogP contribution in [0.5, 0.6) is 0 Å². The van der Waals surface area contributed by atoms with Gasteiger partial charge in [-0.3, -0.25) is 4.79 Å². The second kappa shape index (κ2) is 17.0. The summed E-state index contributed by atoms with van der Waals surface area (Å²) in [5.74, 6) is -0.688. The number of carboxylic acids is 1. The molecule has 0 atom stereocenters. The summed E-state index contributed by atoms with van der Waals surface area (Å²) in [7, 11) is 0. The first-order valence-electron chi connectivity index (χ1n) is 8.79. The van der Waals surface area contributed by atoms with Crippen LogP contribution in [-0.2, 0) is 4.79 Å². The van der Waals surface area contributed by atoms with Crippen molar-refractivity contribution in [2.24, 2.45) is 0 Å². The number of hydrogen-bond acceptors (Lipinski definition) is 1. The fourth-order valence-electron chi connectivity index (χ4n) is 2.26. The predicted octanol–water partition coefficient (Wildman–Crippen LogP) is 6.27. The average molecular weight is 294 g/mol. The second-order valence-electron chi connectivity index (χ2n) is 5.73. The molecular formula is C19H34O2. The van der Waals surface area contributed by atoms with Crippen LogP contribution in [0.2, 0.25) is 0 Å². The normalized spacial score (nSPS) is 11.7. The molecule has 0 amide bonds. The summed E-state index contributed by atoms with van der Waals surface area (Å²) in [5.41, 5.74) is 0. The van der Waals surface area contributed by atoms with Crippen molar-refractivity contribution in [2.75, 3.05) is 0 Å². The van der Waals surface area contributed by atoms with Crippen molar-refractivity contribution >= 4 is 5.97 Å². The minimum Gasteiger partial charge on any atom is -0.481 e. The Hall–Kier alpha value is -1.05. The van der Waals surface area contributed by atoms with Crippen LogP contribution in [0.15, 0.2) is 24.3 Å². The highest BCUT2D eigenvalue weighted by Crippen LogP contribution is 2.08. The van der Waals surface area contributed by atoms with E-state index in [4.69, 9.17) is 5.11 Å². The summed E-state index contributed by atoms with van der Waals surface area (Å²) in [4.78, 5) is 10.3. The van der Waals surface area contributed by atoms with Crippen LogP contribution in [0.4, 0.5) is 0 Å². The summed E-state index contributed by atoms with van der Waals surface area (Å²) >= 11 is 0. The molecule has 21 heavy (non-hydrogen) atoms. The molecule has 122 valence electrons. The number of rotatable bonds is 15. The molecule has 2 nitrogen and oxygen atoms in total. The van der Waals surface area contributed by atoms with E-state index >= 15 is 0 Å². The third-order valence-electron chi connectivity index (χ3n) is 3.59. The Morgan fingerprint density at radius 2 is 1.29 bits per heavy atom. The Morgan fingerprint density at radius 1 is 0.762 bits per heavy atom. The van der Waals surface area contributed by atoms with E-state index in [1.54, 1.807) is 0 Å². The lowest BCUT2D eigenvalue weighted by atomic mass is 10.1. The Kier molecular flexibility index (Phi) is 16.2. The average Bonchev–Trinajstić information content (AvgIpc) is 2.46. The molecule has 0 spiro atoms. The Labute approximate surface area is 131 Å². The smallest absolute Gasteiger partial charge is 0.303 e. The van der Waals surface area contributed by atoms with Crippen molar-refractivity contribution in [3.63, 3.8) is 0 Å². The van der Waals surface area contributed by atoms with Crippen LogP contribution in [0.25, 0.3) is 0 Å². The van der Waals surface area contributed by atoms with Gasteiger partial charge in [-0.1, -0.05) is 69.8 Å². The van der Waals surface area contributed by atoms with Gasteiger partial charge in [-0.05, 0) is 38.5 Å². The molecule has 0 fully saturated rings. The molecule has 0 heterocycles. The zero-order chi connectivity index (χ0) is 15.6. The fraction of sp³-hybridized carbons (Fsp3) is 0.737. The van der Waals surface area contributed by atoms with Gasteiger partial charge in [0.05, 0.1) is 0 Å². The molecule has 2 heteroatoms. The highest BCUT2D eigenvalue weighted by atomic mass is 16.4. The molecule has 0 saturated carbocycles. The van der Waals surface area contributed by atoms with Gasteiger partial charge in [-0.2, -0.15) is 0 Å². The largest absolute Gasteiger partial charge is 0.481 e. The summed E-state index contributed by atoms with van der Waals surface area (Å²) in [5, 5.41) is 8.50. The number of unbranched alkanes of at least 4 members (excludes halogenated alkanes) is 9. The molecule has 0 aliphatic carbocycles.